The molecule has 0 spiro atoms. The fourth-order valence-corrected chi connectivity index (χ4v) is 0.337. The molecular weight excluding hydrogens is 249 g/mol. The van der Waals surface area contributed by atoms with Crippen molar-refractivity contribution >= 4 is 5.78 Å². The number of carbonyl (C=O) groups is 1. The third kappa shape index (κ3) is 9.42. The van der Waals surface area contributed by atoms with E-state index in [2.05, 4.69) is 0 Å². The Labute approximate surface area is 120 Å². The summed E-state index contributed by atoms with van der Waals surface area (Å²) in [5, 5.41) is 8.36. The molecule has 0 aromatic rings. The maximum Gasteiger partial charge on any atom is 1.00 e. The van der Waals surface area contributed by atoms with Crippen LogP contribution in [0.2, 0.25) is 0 Å². The molecular formula is C7H11CsO2. The topological polar surface area (TPSA) is 37.3 Å². The minimum Gasteiger partial charge on any atom is -0.565 e. The molecule has 0 rings (SSSR count). The second-order valence-electron chi connectivity index (χ2n) is 1.98. The summed E-state index contributed by atoms with van der Waals surface area (Å²) in [5.74, 6) is -0.0300. The van der Waals surface area contributed by atoms with Crippen molar-refractivity contribution in [2.75, 3.05) is 0 Å². The van der Waals surface area contributed by atoms with E-state index >= 15 is 0 Å². The predicted octanol–water partition coefficient (Wildman–Crippen LogP) is -1.69. The van der Waals surface area contributed by atoms with Gasteiger partial charge < -0.3 is 5.11 Å². The van der Waals surface area contributed by atoms with Crippen LogP contribution in [0.5, 0.6) is 0 Å². The summed E-state index contributed by atoms with van der Waals surface area (Å²) < 4.78 is 0. The average Bonchev–Trinajstić information content (AvgIpc) is 1.83. The molecule has 0 amide bonds. The first-order valence-corrected chi connectivity index (χ1v) is 2.83. The van der Waals surface area contributed by atoms with Gasteiger partial charge in [-0.3, -0.25) is 4.79 Å². The number of carbonyl (C=O) groups excluding carboxylic acids is 1. The number of allylic oxidation sites excluding steroid dienone is 1. The van der Waals surface area contributed by atoms with Crippen molar-refractivity contribution in [2.24, 2.45) is 5.92 Å². The zero-order valence-corrected chi connectivity index (χ0v) is 12.9. The van der Waals surface area contributed by atoms with Crippen molar-refractivity contribution < 1.29 is 78.8 Å². The van der Waals surface area contributed by atoms with E-state index in [1.165, 1.54) is 13.0 Å². The molecule has 1 atom stereocenters. The molecule has 3 heteroatoms. The van der Waals surface area contributed by atoms with Crippen LogP contribution in [0.3, 0.4) is 0 Å². The molecule has 0 fully saturated rings. The van der Waals surface area contributed by atoms with Crippen LogP contribution in [0.1, 0.15) is 13.8 Å². The van der Waals surface area contributed by atoms with Crippen LogP contribution in [-0.2, 0) is 4.79 Å². The fraction of sp³-hybridized carbons (Fsp3) is 0.429. The van der Waals surface area contributed by atoms with E-state index < -0.39 is 0 Å². The number of hydrogen-bond acceptors (Lipinski definition) is 2. The summed E-state index contributed by atoms with van der Waals surface area (Å²) in [6.45, 7) is 4.31. The van der Waals surface area contributed by atoms with E-state index in [0.29, 0.717) is 0 Å². The number of hydrogen-bond donors (Lipinski definition) is 1. The maximum absolute atomic E-state index is 10.3. The molecule has 1 N–H and O–H groups in total. The Hall–Kier alpha value is 1.42. The van der Waals surface area contributed by atoms with E-state index in [4.69, 9.17) is 5.11 Å². The summed E-state index contributed by atoms with van der Waals surface area (Å²) in [6.07, 6.45) is 3.08. The summed E-state index contributed by atoms with van der Waals surface area (Å²) in [7, 11) is 0. The van der Waals surface area contributed by atoms with Gasteiger partial charge in [-0.25, -0.2) is 6.61 Å². The minimum absolute atomic E-state index is 0. The van der Waals surface area contributed by atoms with Crippen molar-refractivity contribution in [2.45, 2.75) is 13.8 Å². The Morgan fingerprint density at radius 3 is 2.50 bits per heavy atom. The second-order valence-corrected chi connectivity index (χ2v) is 1.98. The van der Waals surface area contributed by atoms with Crippen molar-refractivity contribution in [1.29, 1.82) is 0 Å². The largest absolute Gasteiger partial charge is 1.00 e. The summed E-state index contributed by atoms with van der Waals surface area (Å²) in [5.41, 5.74) is 0. The molecule has 0 radical (unpaired) electrons. The summed E-state index contributed by atoms with van der Waals surface area (Å²) >= 11 is 0. The second kappa shape index (κ2) is 8.52. The molecule has 2 nitrogen and oxygen atoms in total. The van der Waals surface area contributed by atoms with Crippen molar-refractivity contribution in [3.8, 4) is 0 Å². The van der Waals surface area contributed by atoms with Gasteiger partial charge in [-0.15, -0.1) is 12.0 Å². The van der Waals surface area contributed by atoms with E-state index in [-0.39, 0.29) is 80.6 Å². The number of aliphatic hydroxyl groups is 1. The van der Waals surface area contributed by atoms with Gasteiger partial charge in [0.15, 0.2) is 5.78 Å². The molecule has 0 bridgehead atoms. The van der Waals surface area contributed by atoms with Gasteiger partial charge in [-0.1, -0.05) is 6.92 Å². The molecule has 0 saturated heterocycles. The van der Waals surface area contributed by atoms with E-state index in [9.17, 15) is 4.79 Å². The van der Waals surface area contributed by atoms with Crippen LogP contribution < -0.4 is 68.9 Å². The van der Waals surface area contributed by atoms with Crippen LogP contribution in [0.4, 0.5) is 0 Å². The Morgan fingerprint density at radius 1 is 1.70 bits per heavy atom. The van der Waals surface area contributed by atoms with Gasteiger partial charge in [-0.2, -0.15) is 0 Å². The number of aliphatic hydroxyl groups excluding tert-OH is 1. The Morgan fingerprint density at radius 2 is 2.20 bits per heavy atom. The van der Waals surface area contributed by atoms with Crippen LogP contribution in [0.25, 0.3) is 0 Å². The van der Waals surface area contributed by atoms with Crippen LogP contribution >= 0.6 is 0 Å². The standard InChI is InChI=1S/C7H11O2.Cs/c1-6(5-8)3-4-7(2)9;/h3-6,8H,1-2H3;/q-1;+1/b4-3+;/t6-;/m1./s1. The van der Waals surface area contributed by atoms with Crippen molar-refractivity contribution in [3.05, 3.63) is 18.8 Å². The Bertz CT molecular complexity index is 121. The monoisotopic (exact) mass is 260 g/mol. The van der Waals surface area contributed by atoms with Gasteiger partial charge in [0.1, 0.15) is 0 Å². The maximum atomic E-state index is 10.3. The van der Waals surface area contributed by atoms with E-state index in [1.54, 1.807) is 13.0 Å². The van der Waals surface area contributed by atoms with E-state index in [0.717, 1.165) is 6.61 Å². The smallest absolute Gasteiger partial charge is 0.565 e. The van der Waals surface area contributed by atoms with Gasteiger partial charge in [0.2, 0.25) is 0 Å². The number of rotatable bonds is 3. The Kier molecular flexibility index (Phi) is 11.9. The quantitative estimate of drug-likeness (QED) is 0.485. The molecule has 0 aliphatic heterocycles. The third-order valence-corrected chi connectivity index (χ3v) is 0.870. The first kappa shape index (κ1) is 14.0. The molecule has 0 heterocycles. The molecule has 0 aliphatic rings. The fourth-order valence-electron chi connectivity index (χ4n) is 0.337. The summed E-state index contributed by atoms with van der Waals surface area (Å²) in [4.78, 5) is 10.3. The van der Waals surface area contributed by atoms with Crippen molar-refractivity contribution in [3.63, 3.8) is 0 Å². The molecule has 0 aliphatic carbocycles. The van der Waals surface area contributed by atoms with E-state index in [1.807, 2.05) is 0 Å². The molecule has 10 heavy (non-hydrogen) atoms. The van der Waals surface area contributed by atoms with Gasteiger partial charge >= 0.3 is 68.9 Å². The van der Waals surface area contributed by atoms with Crippen LogP contribution in [0.15, 0.2) is 12.2 Å². The predicted molar refractivity (Wildman–Crippen MR) is 35.2 cm³/mol. The van der Waals surface area contributed by atoms with Crippen LogP contribution in [-0.4, -0.2) is 10.9 Å². The normalized spacial score (nSPS) is 12.7. The molecule has 0 saturated carbocycles. The zero-order valence-electron chi connectivity index (χ0n) is 6.66. The molecule has 0 aromatic heterocycles. The van der Waals surface area contributed by atoms with Gasteiger partial charge in [0, 0.05) is 0 Å². The van der Waals surface area contributed by atoms with Gasteiger partial charge in [0.25, 0.3) is 0 Å². The SMILES string of the molecule is CC(=O)/C=C/[C@@H](C)[CH-]O.[Cs+]. The average molecular weight is 260 g/mol. The van der Waals surface area contributed by atoms with Gasteiger partial charge in [0.05, 0.1) is 0 Å². The van der Waals surface area contributed by atoms with Crippen LogP contribution in [0, 0.1) is 12.5 Å². The Balaban J connectivity index is 0. The van der Waals surface area contributed by atoms with Gasteiger partial charge in [-0.05, 0) is 13.0 Å². The first-order chi connectivity index (χ1) is 4.16. The number of ketones is 1. The summed E-state index contributed by atoms with van der Waals surface area (Å²) in [6, 6.07) is 0. The third-order valence-electron chi connectivity index (χ3n) is 0.870. The van der Waals surface area contributed by atoms with Crippen molar-refractivity contribution in [1.82, 2.24) is 0 Å². The zero-order chi connectivity index (χ0) is 7.28. The molecule has 0 unspecified atom stereocenters. The molecule has 0 aromatic carbocycles. The molecule has 52 valence electrons. The first-order valence-electron chi connectivity index (χ1n) is 2.83. The minimum atomic E-state index is -0.0334.